The van der Waals surface area contributed by atoms with Crippen LogP contribution >= 0.6 is 0 Å². The van der Waals surface area contributed by atoms with Gasteiger partial charge in [0.1, 0.15) is 11.6 Å². The first-order valence-electron chi connectivity index (χ1n) is 12.3. The van der Waals surface area contributed by atoms with E-state index in [1.807, 2.05) is 50.3 Å². The second-order valence-electron chi connectivity index (χ2n) is 9.01. The summed E-state index contributed by atoms with van der Waals surface area (Å²) in [6.45, 7) is 4.31. The highest BCUT2D eigenvalue weighted by Gasteiger charge is 2.20. The molecule has 35 heavy (non-hydrogen) atoms. The number of rotatable bonds is 8. The Morgan fingerprint density at radius 1 is 0.943 bits per heavy atom. The van der Waals surface area contributed by atoms with Gasteiger partial charge in [0.25, 0.3) is 0 Å². The summed E-state index contributed by atoms with van der Waals surface area (Å²) in [5.41, 5.74) is 3.99. The first-order valence-corrected chi connectivity index (χ1v) is 12.3. The summed E-state index contributed by atoms with van der Waals surface area (Å²) in [6.07, 6.45) is 9.71. The van der Waals surface area contributed by atoms with Gasteiger partial charge in [0.2, 0.25) is 0 Å². The van der Waals surface area contributed by atoms with Gasteiger partial charge < -0.3 is 4.74 Å². The molecule has 0 fully saturated rings. The van der Waals surface area contributed by atoms with Gasteiger partial charge in [-0.3, -0.25) is 0 Å². The molecule has 0 aliphatic heterocycles. The van der Waals surface area contributed by atoms with Crippen LogP contribution in [0.3, 0.4) is 0 Å². The van der Waals surface area contributed by atoms with Gasteiger partial charge >= 0.3 is 0 Å². The maximum absolute atomic E-state index is 14.9. The molecule has 0 radical (unpaired) electrons. The molecular formula is C31H31F3O. The largest absolute Gasteiger partial charge is 0.494 e. The van der Waals surface area contributed by atoms with E-state index >= 15 is 0 Å². The van der Waals surface area contributed by atoms with Crippen LogP contribution in [0.15, 0.2) is 66.7 Å². The topological polar surface area (TPSA) is 9.23 Å². The third-order valence-electron chi connectivity index (χ3n) is 6.68. The van der Waals surface area contributed by atoms with E-state index in [2.05, 4.69) is 6.08 Å². The van der Waals surface area contributed by atoms with Gasteiger partial charge in [-0.2, -0.15) is 0 Å². The molecule has 1 aliphatic carbocycles. The Kier molecular flexibility index (Phi) is 8.12. The summed E-state index contributed by atoms with van der Waals surface area (Å²) in [6, 6.07) is 15.8. The third kappa shape index (κ3) is 5.87. The fourth-order valence-corrected chi connectivity index (χ4v) is 4.74. The number of halogens is 3. The zero-order valence-corrected chi connectivity index (χ0v) is 20.3. The van der Waals surface area contributed by atoms with E-state index in [1.165, 1.54) is 6.07 Å². The van der Waals surface area contributed by atoms with E-state index < -0.39 is 11.6 Å². The molecule has 0 aromatic heterocycles. The molecule has 0 bridgehead atoms. The van der Waals surface area contributed by atoms with Crippen LogP contribution in [0.5, 0.6) is 5.75 Å². The lowest BCUT2D eigenvalue weighted by Crippen LogP contribution is -2.08. The van der Waals surface area contributed by atoms with E-state index in [1.54, 1.807) is 24.3 Å². The second kappa shape index (κ2) is 11.4. The Hall–Kier alpha value is -3.27. The molecule has 0 saturated heterocycles. The Balaban J connectivity index is 1.39. The lowest BCUT2D eigenvalue weighted by atomic mass is 9.83. The molecule has 3 aromatic rings. The van der Waals surface area contributed by atoms with Gasteiger partial charge in [-0.15, -0.1) is 0 Å². The predicted molar refractivity (Wildman–Crippen MR) is 138 cm³/mol. The highest BCUT2D eigenvalue weighted by Crippen LogP contribution is 2.35. The first kappa shape index (κ1) is 24.8. The molecule has 1 aliphatic rings. The van der Waals surface area contributed by atoms with Gasteiger partial charge in [-0.1, -0.05) is 54.6 Å². The number of ether oxygens (including phenoxy) is 1. The fraction of sp³-hybridized carbons (Fsp3) is 0.290. The van der Waals surface area contributed by atoms with Crippen molar-refractivity contribution in [3.63, 3.8) is 0 Å². The van der Waals surface area contributed by atoms with Crippen LogP contribution < -0.4 is 4.74 Å². The molecule has 0 spiro atoms. The third-order valence-corrected chi connectivity index (χ3v) is 6.68. The van der Waals surface area contributed by atoms with Crippen molar-refractivity contribution in [1.29, 1.82) is 0 Å². The Morgan fingerprint density at radius 3 is 2.37 bits per heavy atom. The summed E-state index contributed by atoms with van der Waals surface area (Å²) in [5, 5.41) is 0. The normalized spacial score (nSPS) is 15.9. The van der Waals surface area contributed by atoms with Crippen molar-refractivity contribution in [2.45, 2.75) is 46.0 Å². The molecule has 0 heterocycles. The first-order chi connectivity index (χ1) is 17.0. The minimum atomic E-state index is -0.793. The van der Waals surface area contributed by atoms with Crippen LogP contribution in [0.25, 0.3) is 22.8 Å². The van der Waals surface area contributed by atoms with Crippen molar-refractivity contribution in [1.82, 2.24) is 0 Å². The number of allylic oxidation sites excluding steroid dienone is 3. The van der Waals surface area contributed by atoms with Crippen molar-refractivity contribution in [3.8, 4) is 16.9 Å². The van der Waals surface area contributed by atoms with Crippen LogP contribution in [-0.4, -0.2) is 6.61 Å². The van der Waals surface area contributed by atoms with Crippen molar-refractivity contribution in [2.24, 2.45) is 5.92 Å². The van der Waals surface area contributed by atoms with E-state index in [0.717, 1.165) is 36.8 Å². The molecule has 0 amide bonds. The second-order valence-corrected chi connectivity index (χ2v) is 9.01. The lowest BCUT2D eigenvalue weighted by molar-refractivity contribution is 0.338. The number of hydrogen-bond acceptors (Lipinski definition) is 1. The van der Waals surface area contributed by atoms with Gasteiger partial charge in [0.15, 0.2) is 11.6 Å². The highest BCUT2D eigenvalue weighted by atomic mass is 19.2. The van der Waals surface area contributed by atoms with Crippen molar-refractivity contribution < 1.29 is 17.9 Å². The van der Waals surface area contributed by atoms with Gasteiger partial charge in [0, 0.05) is 17.2 Å². The van der Waals surface area contributed by atoms with Crippen molar-refractivity contribution in [2.75, 3.05) is 6.61 Å². The Bertz CT molecular complexity index is 1220. The molecular weight excluding hydrogens is 445 g/mol. The van der Waals surface area contributed by atoms with Gasteiger partial charge in [-0.25, -0.2) is 13.2 Å². The van der Waals surface area contributed by atoms with Crippen LogP contribution in [0.4, 0.5) is 13.2 Å². The summed E-state index contributed by atoms with van der Waals surface area (Å²) in [7, 11) is 0. The Labute approximate surface area is 206 Å². The maximum atomic E-state index is 14.9. The monoisotopic (exact) mass is 476 g/mol. The fourth-order valence-electron chi connectivity index (χ4n) is 4.74. The lowest BCUT2D eigenvalue weighted by Gasteiger charge is -2.23. The highest BCUT2D eigenvalue weighted by molar-refractivity contribution is 5.68. The molecule has 182 valence electrons. The van der Waals surface area contributed by atoms with Crippen molar-refractivity contribution >= 4 is 11.6 Å². The van der Waals surface area contributed by atoms with Gasteiger partial charge in [-0.05, 0) is 86.3 Å². The van der Waals surface area contributed by atoms with E-state index in [4.69, 9.17) is 4.74 Å². The van der Waals surface area contributed by atoms with Crippen LogP contribution in [0.1, 0.15) is 56.2 Å². The number of aryl methyl sites for hydroxylation is 1. The molecule has 1 nitrogen and oxygen atoms in total. The maximum Gasteiger partial charge on any atom is 0.166 e. The van der Waals surface area contributed by atoms with Crippen molar-refractivity contribution in [3.05, 3.63) is 101 Å². The zero-order chi connectivity index (χ0) is 24.8. The molecule has 1 unspecified atom stereocenters. The number of benzene rings is 3. The van der Waals surface area contributed by atoms with Crippen LogP contribution in [0, 0.1) is 23.4 Å². The van der Waals surface area contributed by atoms with Gasteiger partial charge in [0.05, 0.1) is 6.61 Å². The average molecular weight is 477 g/mol. The summed E-state index contributed by atoms with van der Waals surface area (Å²) >= 11 is 0. The molecule has 4 rings (SSSR count). The summed E-state index contributed by atoms with van der Waals surface area (Å²) in [4.78, 5) is 0. The predicted octanol–water partition coefficient (Wildman–Crippen LogP) is 9.02. The Morgan fingerprint density at radius 2 is 1.71 bits per heavy atom. The number of hydrogen-bond donors (Lipinski definition) is 0. The molecule has 3 aromatic carbocycles. The molecule has 4 heteroatoms. The minimum absolute atomic E-state index is 0.269. The summed E-state index contributed by atoms with van der Waals surface area (Å²) < 4.78 is 49.6. The smallest absolute Gasteiger partial charge is 0.166 e. The molecule has 0 saturated carbocycles. The molecule has 1 atom stereocenters. The van der Waals surface area contributed by atoms with E-state index in [-0.39, 0.29) is 11.4 Å². The van der Waals surface area contributed by atoms with E-state index in [0.29, 0.717) is 41.4 Å². The quantitative estimate of drug-likeness (QED) is 0.315. The minimum Gasteiger partial charge on any atom is -0.494 e. The SMILES string of the molecule is C/C=C/c1ccc(-c2ccc(CCC3CC=C(c4ccc(OCC)cc4F)CC3)c(F)c2F)cc1. The molecule has 0 N–H and O–H groups in total. The average Bonchev–Trinajstić information content (AvgIpc) is 2.87. The van der Waals surface area contributed by atoms with E-state index in [9.17, 15) is 13.2 Å². The summed E-state index contributed by atoms with van der Waals surface area (Å²) in [5.74, 6) is -0.920. The zero-order valence-electron chi connectivity index (χ0n) is 20.3. The standard InChI is InChI=1S/C31H31F3O/c1-3-5-21-6-13-24(14-7-21)28-18-16-25(30(33)31(28)34)15-10-22-8-11-23(12-9-22)27-19-17-26(35-4-2)20-29(27)32/h3,5-7,11,13-14,16-20,22H,4,8-10,12,15H2,1-2H3/b5-3+. The van der Waals surface area contributed by atoms with Crippen LogP contribution in [-0.2, 0) is 6.42 Å². The van der Waals surface area contributed by atoms with Crippen LogP contribution in [0.2, 0.25) is 0 Å².